The molecule has 2 atom stereocenters. The summed E-state index contributed by atoms with van der Waals surface area (Å²) in [5.41, 5.74) is -1.83. The van der Waals surface area contributed by atoms with Gasteiger partial charge in [-0.05, 0) is 57.3 Å². The van der Waals surface area contributed by atoms with Crippen LogP contribution in [0.3, 0.4) is 0 Å². The van der Waals surface area contributed by atoms with E-state index >= 15 is 0 Å². The van der Waals surface area contributed by atoms with Crippen molar-refractivity contribution in [2.24, 2.45) is 10.8 Å². The van der Waals surface area contributed by atoms with Crippen LogP contribution in [-0.2, 0) is 28.7 Å². The molecule has 240 valence electrons. The molecular weight excluding hydrogens is 530 g/mol. The van der Waals surface area contributed by atoms with Crippen LogP contribution in [0.15, 0.2) is 0 Å². The maximum absolute atomic E-state index is 12.9. The first-order valence-corrected chi connectivity index (χ1v) is 14.7. The van der Waals surface area contributed by atoms with Crippen LogP contribution in [-0.4, -0.2) is 90.5 Å². The van der Waals surface area contributed by atoms with Crippen LogP contribution in [0.1, 0.15) is 101 Å². The Hall–Kier alpha value is -2.08. The van der Waals surface area contributed by atoms with E-state index < -0.39 is 40.3 Å². The molecule has 1 amide bonds. The lowest BCUT2D eigenvalue weighted by Crippen LogP contribution is -2.57. The summed E-state index contributed by atoms with van der Waals surface area (Å²) in [6.07, 6.45) is 2.76. The maximum Gasteiger partial charge on any atom is 0.327 e. The SMILES string of the molecule is CCC(C)(C)NCCOCCOCC(=O)C(C)(CC)NCC(NC(=O)CC(C)(C)CCC(C)(C)CC(=O)O)C(=O)O. The largest absolute Gasteiger partial charge is 0.481 e. The molecular formula is C30H57N3O8. The van der Waals surface area contributed by atoms with E-state index in [2.05, 4.69) is 36.7 Å². The molecule has 0 aromatic carbocycles. The number of ether oxygens (including phenoxy) is 2. The molecule has 11 nitrogen and oxygen atoms in total. The third kappa shape index (κ3) is 17.5. The second-order valence-electron chi connectivity index (χ2n) is 13.4. The number of nitrogens with one attached hydrogen (secondary N) is 3. The Morgan fingerprint density at radius 1 is 0.756 bits per heavy atom. The summed E-state index contributed by atoms with van der Waals surface area (Å²) in [6, 6.07) is -1.22. The topological polar surface area (TPSA) is 163 Å². The lowest BCUT2D eigenvalue weighted by molar-refractivity contribution is -0.142. The van der Waals surface area contributed by atoms with Crippen molar-refractivity contribution < 1.29 is 38.9 Å². The monoisotopic (exact) mass is 587 g/mol. The molecule has 0 aromatic rings. The molecule has 0 aliphatic rings. The van der Waals surface area contributed by atoms with E-state index in [4.69, 9.17) is 14.6 Å². The first-order valence-electron chi connectivity index (χ1n) is 14.7. The van der Waals surface area contributed by atoms with Crippen molar-refractivity contribution in [3.63, 3.8) is 0 Å². The molecule has 0 bridgehead atoms. The normalized spacial score (nSPS) is 14.8. The number of Topliss-reactive ketones (excluding diaryl/α,β-unsaturated/α-hetero) is 1. The van der Waals surface area contributed by atoms with Crippen molar-refractivity contribution in [2.45, 2.75) is 118 Å². The van der Waals surface area contributed by atoms with Crippen molar-refractivity contribution in [3.05, 3.63) is 0 Å². The third-order valence-electron chi connectivity index (χ3n) is 7.74. The Balaban J connectivity index is 4.70. The summed E-state index contributed by atoms with van der Waals surface area (Å²) in [4.78, 5) is 48.6. The van der Waals surface area contributed by atoms with E-state index in [9.17, 15) is 24.3 Å². The number of rotatable bonds is 24. The number of carboxylic acids is 2. The number of carbonyl (C=O) groups excluding carboxylic acids is 2. The van der Waals surface area contributed by atoms with Crippen LogP contribution < -0.4 is 16.0 Å². The van der Waals surface area contributed by atoms with E-state index in [-0.39, 0.29) is 43.9 Å². The fourth-order valence-electron chi connectivity index (χ4n) is 4.02. The van der Waals surface area contributed by atoms with Crippen molar-refractivity contribution in [2.75, 3.05) is 39.5 Å². The van der Waals surface area contributed by atoms with Gasteiger partial charge in [-0.3, -0.25) is 14.4 Å². The number of carboxylic acid groups (broad SMARTS) is 2. The maximum atomic E-state index is 12.9. The molecule has 0 aliphatic carbocycles. The average Bonchev–Trinajstić information content (AvgIpc) is 2.85. The van der Waals surface area contributed by atoms with Crippen LogP contribution in [0.2, 0.25) is 0 Å². The fourth-order valence-corrected chi connectivity index (χ4v) is 4.02. The summed E-state index contributed by atoms with van der Waals surface area (Å²) in [5.74, 6) is -2.70. The quantitative estimate of drug-likeness (QED) is 0.106. The van der Waals surface area contributed by atoms with Gasteiger partial charge < -0.3 is 35.6 Å². The highest BCUT2D eigenvalue weighted by Crippen LogP contribution is 2.35. The zero-order valence-electron chi connectivity index (χ0n) is 26.9. The number of aliphatic carboxylic acids is 2. The lowest BCUT2D eigenvalue weighted by Gasteiger charge is -2.31. The summed E-state index contributed by atoms with van der Waals surface area (Å²) < 4.78 is 11.0. The minimum Gasteiger partial charge on any atom is -0.481 e. The van der Waals surface area contributed by atoms with Gasteiger partial charge in [0.2, 0.25) is 5.91 Å². The Morgan fingerprint density at radius 2 is 1.32 bits per heavy atom. The zero-order chi connectivity index (χ0) is 31.9. The first-order chi connectivity index (χ1) is 18.8. The molecule has 0 saturated heterocycles. The highest BCUT2D eigenvalue weighted by molar-refractivity contribution is 5.89. The zero-order valence-corrected chi connectivity index (χ0v) is 26.9. The highest BCUT2D eigenvalue weighted by Gasteiger charge is 2.34. The van der Waals surface area contributed by atoms with Gasteiger partial charge in [0.1, 0.15) is 12.6 Å². The van der Waals surface area contributed by atoms with E-state index in [1.54, 1.807) is 6.92 Å². The molecule has 11 heteroatoms. The second-order valence-corrected chi connectivity index (χ2v) is 13.4. The van der Waals surface area contributed by atoms with Crippen molar-refractivity contribution in [3.8, 4) is 0 Å². The molecule has 0 heterocycles. The smallest absolute Gasteiger partial charge is 0.327 e. The van der Waals surface area contributed by atoms with E-state index in [1.807, 2.05) is 34.6 Å². The third-order valence-corrected chi connectivity index (χ3v) is 7.74. The molecule has 5 N–H and O–H groups in total. The van der Waals surface area contributed by atoms with Crippen LogP contribution in [0.25, 0.3) is 0 Å². The molecule has 0 aromatic heterocycles. The fraction of sp³-hybridized carbons (Fsp3) is 0.867. The lowest BCUT2D eigenvalue weighted by atomic mass is 9.76. The molecule has 0 aliphatic heterocycles. The number of hydrogen-bond acceptors (Lipinski definition) is 8. The van der Waals surface area contributed by atoms with Crippen molar-refractivity contribution in [1.82, 2.24) is 16.0 Å². The van der Waals surface area contributed by atoms with Gasteiger partial charge in [0, 0.05) is 25.0 Å². The molecule has 0 saturated carbocycles. The Morgan fingerprint density at radius 3 is 1.83 bits per heavy atom. The number of hydrogen-bond donors (Lipinski definition) is 5. The Labute approximate surface area is 246 Å². The molecule has 0 radical (unpaired) electrons. The van der Waals surface area contributed by atoms with Gasteiger partial charge in [-0.2, -0.15) is 0 Å². The van der Waals surface area contributed by atoms with Gasteiger partial charge in [0.25, 0.3) is 0 Å². The van der Waals surface area contributed by atoms with Crippen LogP contribution in [0.5, 0.6) is 0 Å². The average molecular weight is 588 g/mol. The molecule has 0 rings (SSSR count). The predicted octanol–water partition coefficient (Wildman–Crippen LogP) is 3.39. The standard InChI is InChI=1S/C30H57N3O8/c1-10-29(7,8)31-14-15-40-16-17-41-21-23(34)30(9,11-2)32-20-22(26(38)39)33-24(35)18-27(3,4)12-13-28(5,6)19-25(36)37/h22,31-32H,10-21H2,1-9H3,(H,33,35)(H,36,37)(H,38,39). The summed E-state index contributed by atoms with van der Waals surface area (Å²) in [6.45, 7) is 19.1. The molecule has 0 spiro atoms. The van der Waals surface area contributed by atoms with Gasteiger partial charge in [-0.15, -0.1) is 0 Å². The molecule has 2 unspecified atom stereocenters. The van der Waals surface area contributed by atoms with Gasteiger partial charge in [-0.25, -0.2) is 4.79 Å². The van der Waals surface area contributed by atoms with Gasteiger partial charge >= 0.3 is 11.9 Å². The first kappa shape index (κ1) is 38.9. The van der Waals surface area contributed by atoms with Gasteiger partial charge in [0.15, 0.2) is 5.78 Å². The van der Waals surface area contributed by atoms with Gasteiger partial charge in [-0.1, -0.05) is 41.5 Å². The summed E-state index contributed by atoms with van der Waals surface area (Å²) in [5, 5.41) is 27.8. The highest BCUT2D eigenvalue weighted by atomic mass is 16.5. The van der Waals surface area contributed by atoms with Crippen molar-refractivity contribution >= 4 is 23.6 Å². The predicted molar refractivity (Wildman–Crippen MR) is 159 cm³/mol. The summed E-state index contributed by atoms with van der Waals surface area (Å²) in [7, 11) is 0. The number of carbonyl (C=O) groups is 4. The Bertz CT molecular complexity index is 844. The molecule has 0 fully saturated rings. The van der Waals surface area contributed by atoms with Crippen molar-refractivity contribution in [1.29, 1.82) is 0 Å². The number of ketones is 1. The number of amides is 1. The van der Waals surface area contributed by atoms with E-state index in [0.29, 0.717) is 32.5 Å². The van der Waals surface area contributed by atoms with E-state index in [1.165, 1.54) is 0 Å². The minimum absolute atomic E-state index is 0.0330. The van der Waals surface area contributed by atoms with E-state index in [0.717, 1.165) is 13.0 Å². The minimum atomic E-state index is -1.22. The Kier molecular flexibility index (Phi) is 16.9. The second kappa shape index (κ2) is 17.8. The summed E-state index contributed by atoms with van der Waals surface area (Å²) >= 11 is 0. The van der Waals surface area contributed by atoms with Crippen LogP contribution in [0, 0.1) is 10.8 Å². The molecule has 41 heavy (non-hydrogen) atoms. The van der Waals surface area contributed by atoms with Gasteiger partial charge in [0.05, 0.1) is 31.8 Å². The van der Waals surface area contributed by atoms with Crippen LogP contribution >= 0.6 is 0 Å². The van der Waals surface area contributed by atoms with Crippen LogP contribution in [0.4, 0.5) is 0 Å².